The van der Waals surface area contributed by atoms with Crippen LogP contribution in [0.4, 0.5) is 0 Å². The van der Waals surface area contributed by atoms with E-state index in [1.54, 1.807) is 0 Å². The number of carbonyl (C=O) groups excluding carboxylic acids is 3. The van der Waals surface area contributed by atoms with Crippen molar-refractivity contribution in [1.82, 2.24) is 0 Å². The van der Waals surface area contributed by atoms with E-state index in [1.165, 1.54) is 154 Å². The summed E-state index contributed by atoms with van der Waals surface area (Å²) in [5.74, 6) is -0.898. The molecule has 0 saturated heterocycles. The second-order valence-electron chi connectivity index (χ2n) is 23.0. The van der Waals surface area contributed by atoms with Crippen molar-refractivity contribution in [1.29, 1.82) is 0 Å². The highest BCUT2D eigenvalue weighted by molar-refractivity contribution is 5.71. The van der Waals surface area contributed by atoms with Crippen LogP contribution in [0.15, 0.2) is 122 Å². The number of unbranched alkanes of at least 4 members (excludes halogenated alkanes) is 32. The van der Waals surface area contributed by atoms with Crippen molar-refractivity contribution < 1.29 is 28.6 Å². The van der Waals surface area contributed by atoms with Crippen LogP contribution in [0.5, 0.6) is 0 Å². The Morgan fingerprint density at radius 1 is 0.253 bits per heavy atom. The summed E-state index contributed by atoms with van der Waals surface area (Å²) >= 11 is 0. The van der Waals surface area contributed by atoms with Crippen molar-refractivity contribution in [3.05, 3.63) is 122 Å². The van der Waals surface area contributed by atoms with Crippen LogP contribution in [0.2, 0.25) is 0 Å². The minimum absolute atomic E-state index is 0.0855. The van der Waals surface area contributed by atoms with Crippen LogP contribution in [-0.4, -0.2) is 37.2 Å². The Hall–Kier alpha value is -4.19. The molecule has 0 bridgehead atoms. The lowest BCUT2D eigenvalue weighted by Crippen LogP contribution is -2.30. The van der Waals surface area contributed by atoms with Gasteiger partial charge in [0.2, 0.25) is 0 Å². The van der Waals surface area contributed by atoms with E-state index in [4.69, 9.17) is 14.2 Å². The Balaban J connectivity index is 4.22. The quantitative estimate of drug-likeness (QED) is 0.0261. The van der Waals surface area contributed by atoms with Gasteiger partial charge in [-0.15, -0.1) is 0 Å². The standard InChI is InChI=1S/C77H130O6/c1-4-7-10-13-16-19-22-25-27-29-31-32-33-34-35-36-37-38-39-40-41-42-43-44-46-47-49-52-55-58-61-64-67-70-76(79)82-73-74(72-81-75(78)69-66-63-60-57-54-51-24-21-18-15-12-9-6-3)83-77(80)71-68-65-62-59-56-53-50-48-45-30-28-26-23-20-17-14-11-8-5-2/h7-8,10-11,16-17,19-21,24-28,31-32,34-35,45,48,74H,4-6,9,12-15,18,22-23,29-30,33,36-44,46-47,49-73H2,1-3H3/b10-7-,11-8-,19-16-,20-17-,24-21-,27-25-,28-26-,32-31-,35-34-,48-45-. The first kappa shape index (κ1) is 78.8. The summed E-state index contributed by atoms with van der Waals surface area (Å²) in [5.41, 5.74) is 0. The van der Waals surface area contributed by atoms with E-state index >= 15 is 0 Å². The second-order valence-corrected chi connectivity index (χ2v) is 23.0. The predicted molar refractivity (Wildman–Crippen MR) is 362 cm³/mol. The molecule has 0 aromatic carbocycles. The number of esters is 3. The van der Waals surface area contributed by atoms with Crippen LogP contribution in [0.25, 0.3) is 0 Å². The third-order valence-electron chi connectivity index (χ3n) is 14.9. The maximum absolute atomic E-state index is 12.9. The average Bonchev–Trinajstić information content (AvgIpc) is 3.49. The molecule has 0 aromatic heterocycles. The normalized spacial score (nSPS) is 12.9. The molecular weight excluding hydrogens is 1020 g/mol. The van der Waals surface area contributed by atoms with E-state index in [0.29, 0.717) is 19.3 Å². The molecular formula is C77H130O6. The predicted octanol–water partition coefficient (Wildman–Crippen LogP) is 24.3. The Morgan fingerprint density at radius 2 is 0.470 bits per heavy atom. The zero-order valence-electron chi connectivity index (χ0n) is 54.4. The fraction of sp³-hybridized carbons (Fsp3) is 0.701. The number of hydrogen-bond donors (Lipinski definition) is 0. The van der Waals surface area contributed by atoms with Gasteiger partial charge in [0.05, 0.1) is 0 Å². The molecule has 0 N–H and O–H groups in total. The lowest BCUT2D eigenvalue weighted by atomic mass is 10.0. The Kier molecular flexibility index (Phi) is 66.7. The van der Waals surface area contributed by atoms with Gasteiger partial charge < -0.3 is 14.2 Å². The lowest BCUT2D eigenvalue weighted by molar-refractivity contribution is -0.167. The highest BCUT2D eigenvalue weighted by Gasteiger charge is 2.19. The second kappa shape index (κ2) is 70.3. The van der Waals surface area contributed by atoms with Crippen LogP contribution < -0.4 is 0 Å². The third kappa shape index (κ3) is 68.5. The summed E-state index contributed by atoms with van der Waals surface area (Å²) in [6.07, 6.45) is 98.0. The van der Waals surface area contributed by atoms with Gasteiger partial charge in [-0.3, -0.25) is 14.4 Å². The number of rotatable bonds is 63. The molecule has 0 amide bonds. The van der Waals surface area contributed by atoms with Crippen molar-refractivity contribution in [2.45, 2.75) is 335 Å². The van der Waals surface area contributed by atoms with E-state index in [9.17, 15) is 14.4 Å². The maximum atomic E-state index is 12.9. The van der Waals surface area contributed by atoms with E-state index < -0.39 is 6.10 Å². The fourth-order valence-corrected chi connectivity index (χ4v) is 9.75. The Morgan fingerprint density at radius 3 is 0.747 bits per heavy atom. The van der Waals surface area contributed by atoms with Gasteiger partial charge in [0, 0.05) is 19.3 Å². The van der Waals surface area contributed by atoms with Gasteiger partial charge in [-0.25, -0.2) is 0 Å². The highest BCUT2D eigenvalue weighted by Crippen LogP contribution is 2.17. The number of hydrogen-bond acceptors (Lipinski definition) is 6. The highest BCUT2D eigenvalue weighted by atomic mass is 16.6. The van der Waals surface area contributed by atoms with E-state index in [2.05, 4.69) is 142 Å². The van der Waals surface area contributed by atoms with Crippen molar-refractivity contribution in [3.8, 4) is 0 Å². The fourth-order valence-electron chi connectivity index (χ4n) is 9.75. The molecule has 0 aliphatic heterocycles. The molecule has 6 nitrogen and oxygen atoms in total. The number of allylic oxidation sites excluding steroid dienone is 20. The van der Waals surface area contributed by atoms with Gasteiger partial charge in [0.25, 0.3) is 0 Å². The molecule has 1 unspecified atom stereocenters. The van der Waals surface area contributed by atoms with Gasteiger partial charge in [-0.2, -0.15) is 0 Å². The summed E-state index contributed by atoms with van der Waals surface area (Å²) in [6, 6.07) is 0. The van der Waals surface area contributed by atoms with Gasteiger partial charge >= 0.3 is 17.9 Å². The minimum Gasteiger partial charge on any atom is -0.462 e. The Labute approximate surface area is 513 Å². The number of ether oxygens (including phenoxy) is 3. The van der Waals surface area contributed by atoms with Crippen LogP contribution in [-0.2, 0) is 28.6 Å². The molecule has 83 heavy (non-hydrogen) atoms. The molecule has 1 atom stereocenters. The Bertz CT molecular complexity index is 1700. The van der Waals surface area contributed by atoms with Crippen molar-refractivity contribution in [2.75, 3.05) is 13.2 Å². The molecule has 0 fully saturated rings. The monoisotopic (exact) mass is 1150 g/mol. The van der Waals surface area contributed by atoms with Crippen molar-refractivity contribution in [3.63, 3.8) is 0 Å². The zero-order valence-corrected chi connectivity index (χ0v) is 54.4. The zero-order chi connectivity index (χ0) is 59.9. The smallest absolute Gasteiger partial charge is 0.306 e. The third-order valence-corrected chi connectivity index (χ3v) is 14.9. The van der Waals surface area contributed by atoms with Gasteiger partial charge in [-0.1, -0.05) is 303 Å². The summed E-state index contributed by atoms with van der Waals surface area (Å²) in [4.78, 5) is 38.4. The summed E-state index contributed by atoms with van der Waals surface area (Å²) in [7, 11) is 0. The summed E-state index contributed by atoms with van der Waals surface area (Å²) in [6.45, 7) is 6.41. The molecule has 0 saturated carbocycles. The van der Waals surface area contributed by atoms with Crippen molar-refractivity contribution in [2.24, 2.45) is 0 Å². The molecule has 0 heterocycles. The minimum atomic E-state index is -0.791. The molecule has 0 aliphatic carbocycles. The van der Waals surface area contributed by atoms with Crippen LogP contribution in [0.1, 0.15) is 329 Å². The maximum Gasteiger partial charge on any atom is 0.306 e. The van der Waals surface area contributed by atoms with E-state index in [1.807, 2.05) is 0 Å². The average molecular weight is 1150 g/mol. The lowest BCUT2D eigenvalue weighted by Gasteiger charge is -2.18. The van der Waals surface area contributed by atoms with Crippen LogP contribution >= 0.6 is 0 Å². The topological polar surface area (TPSA) is 78.9 Å². The first-order chi connectivity index (χ1) is 41.0. The molecule has 0 aliphatic rings. The van der Waals surface area contributed by atoms with E-state index in [-0.39, 0.29) is 31.1 Å². The van der Waals surface area contributed by atoms with Gasteiger partial charge in [-0.05, 0) is 128 Å². The largest absolute Gasteiger partial charge is 0.462 e. The molecule has 0 rings (SSSR count). The molecule has 6 heteroatoms. The first-order valence-electron chi connectivity index (χ1n) is 35.0. The van der Waals surface area contributed by atoms with Gasteiger partial charge in [0.1, 0.15) is 13.2 Å². The SMILES string of the molecule is CC/C=C\C/C=C\C/C=C\C/C=C\C/C=C\CCCCCCCCCCCCCCCCCCCC(=O)OCC(COC(=O)CCCCCCC/C=C\CCCCCC)OC(=O)CCCCCCCC/C=C\C/C=C\C/C=C\C/C=C\CC. The van der Waals surface area contributed by atoms with Gasteiger partial charge in [0.15, 0.2) is 6.10 Å². The summed E-state index contributed by atoms with van der Waals surface area (Å²) < 4.78 is 16.9. The molecule has 0 aromatic rings. The first-order valence-corrected chi connectivity index (χ1v) is 35.0. The van der Waals surface area contributed by atoms with Crippen LogP contribution in [0, 0.1) is 0 Å². The molecule has 0 radical (unpaired) electrons. The number of carbonyl (C=O) groups is 3. The van der Waals surface area contributed by atoms with Crippen LogP contribution in [0.3, 0.4) is 0 Å². The summed E-state index contributed by atoms with van der Waals surface area (Å²) in [5, 5.41) is 0. The van der Waals surface area contributed by atoms with E-state index in [0.717, 1.165) is 135 Å². The molecule has 0 spiro atoms. The molecule has 474 valence electrons. The van der Waals surface area contributed by atoms with Crippen molar-refractivity contribution >= 4 is 17.9 Å².